The molecule has 116 valence electrons. The minimum Gasteiger partial charge on any atom is -0.491 e. The van der Waals surface area contributed by atoms with Crippen molar-refractivity contribution in [2.45, 2.75) is 32.9 Å². The SMILES string of the molecule is CC(C)Oc1ccc(C(C)NC(=O)c2ccccc2N)cc1. The van der Waals surface area contributed by atoms with Gasteiger partial charge in [0.15, 0.2) is 0 Å². The zero-order valence-electron chi connectivity index (χ0n) is 13.2. The third-order valence-corrected chi connectivity index (χ3v) is 3.30. The number of nitrogens with one attached hydrogen (secondary N) is 1. The van der Waals surface area contributed by atoms with E-state index in [1.807, 2.05) is 51.1 Å². The van der Waals surface area contributed by atoms with Crippen LogP contribution in [0.15, 0.2) is 48.5 Å². The van der Waals surface area contributed by atoms with E-state index in [4.69, 9.17) is 10.5 Å². The fraction of sp³-hybridized carbons (Fsp3) is 0.278. The first kappa shape index (κ1) is 15.9. The molecule has 0 bridgehead atoms. The summed E-state index contributed by atoms with van der Waals surface area (Å²) >= 11 is 0. The fourth-order valence-electron chi connectivity index (χ4n) is 2.17. The first-order chi connectivity index (χ1) is 10.5. The van der Waals surface area contributed by atoms with Crippen LogP contribution in [0.5, 0.6) is 5.75 Å². The monoisotopic (exact) mass is 298 g/mol. The number of ether oxygens (including phenoxy) is 1. The molecule has 0 fully saturated rings. The van der Waals surface area contributed by atoms with E-state index >= 15 is 0 Å². The second-order valence-corrected chi connectivity index (χ2v) is 5.52. The number of amides is 1. The highest BCUT2D eigenvalue weighted by molar-refractivity contribution is 5.99. The Balaban J connectivity index is 2.04. The lowest BCUT2D eigenvalue weighted by atomic mass is 10.1. The molecule has 2 aromatic rings. The lowest BCUT2D eigenvalue weighted by molar-refractivity contribution is 0.0941. The summed E-state index contributed by atoms with van der Waals surface area (Å²) in [6, 6.07) is 14.7. The number of rotatable bonds is 5. The molecule has 1 amide bonds. The Kier molecular flexibility index (Phi) is 5.04. The number of anilines is 1. The minimum absolute atomic E-state index is 0.111. The first-order valence-corrected chi connectivity index (χ1v) is 7.39. The van der Waals surface area contributed by atoms with Crippen molar-refractivity contribution in [2.75, 3.05) is 5.73 Å². The van der Waals surface area contributed by atoms with Crippen molar-refractivity contribution in [3.05, 3.63) is 59.7 Å². The van der Waals surface area contributed by atoms with Gasteiger partial charge in [-0.3, -0.25) is 4.79 Å². The van der Waals surface area contributed by atoms with Gasteiger partial charge in [0.2, 0.25) is 0 Å². The highest BCUT2D eigenvalue weighted by Gasteiger charge is 2.13. The summed E-state index contributed by atoms with van der Waals surface area (Å²) in [6.07, 6.45) is 0.143. The maximum absolute atomic E-state index is 12.2. The molecule has 0 aliphatic rings. The fourth-order valence-corrected chi connectivity index (χ4v) is 2.17. The smallest absolute Gasteiger partial charge is 0.253 e. The van der Waals surface area contributed by atoms with E-state index in [1.54, 1.807) is 18.2 Å². The summed E-state index contributed by atoms with van der Waals surface area (Å²) in [7, 11) is 0. The molecule has 1 unspecified atom stereocenters. The number of para-hydroxylation sites is 1. The summed E-state index contributed by atoms with van der Waals surface area (Å²) in [6.45, 7) is 5.91. The molecule has 0 spiro atoms. The van der Waals surface area contributed by atoms with Gasteiger partial charge in [-0.05, 0) is 50.6 Å². The van der Waals surface area contributed by atoms with Crippen molar-refractivity contribution >= 4 is 11.6 Å². The number of nitrogens with two attached hydrogens (primary N) is 1. The minimum atomic E-state index is -0.173. The van der Waals surface area contributed by atoms with Gasteiger partial charge in [-0.1, -0.05) is 24.3 Å². The quantitative estimate of drug-likeness (QED) is 0.830. The van der Waals surface area contributed by atoms with Crippen LogP contribution in [0.1, 0.15) is 42.7 Å². The number of nitrogen functional groups attached to an aromatic ring is 1. The van der Waals surface area contributed by atoms with Crippen LogP contribution in [0.3, 0.4) is 0 Å². The number of hydrogen-bond donors (Lipinski definition) is 2. The Bertz CT molecular complexity index is 636. The highest BCUT2D eigenvalue weighted by Crippen LogP contribution is 2.19. The van der Waals surface area contributed by atoms with E-state index in [0.717, 1.165) is 11.3 Å². The van der Waals surface area contributed by atoms with Crippen molar-refractivity contribution in [2.24, 2.45) is 0 Å². The number of carbonyl (C=O) groups is 1. The van der Waals surface area contributed by atoms with Gasteiger partial charge in [-0.15, -0.1) is 0 Å². The van der Waals surface area contributed by atoms with Gasteiger partial charge in [0.1, 0.15) is 5.75 Å². The lowest BCUT2D eigenvalue weighted by Crippen LogP contribution is -2.27. The molecule has 0 aliphatic heterocycles. The largest absolute Gasteiger partial charge is 0.491 e. The lowest BCUT2D eigenvalue weighted by Gasteiger charge is -2.16. The summed E-state index contributed by atoms with van der Waals surface area (Å²) in [4.78, 5) is 12.2. The van der Waals surface area contributed by atoms with Crippen molar-refractivity contribution < 1.29 is 9.53 Å². The van der Waals surface area contributed by atoms with Gasteiger partial charge in [-0.25, -0.2) is 0 Å². The van der Waals surface area contributed by atoms with Gasteiger partial charge in [-0.2, -0.15) is 0 Å². The highest BCUT2D eigenvalue weighted by atomic mass is 16.5. The Morgan fingerprint density at radius 1 is 1.05 bits per heavy atom. The predicted octanol–water partition coefficient (Wildman–Crippen LogP) is 3.55. The number of hydrogen-bond acceptors (Lipinski definition) is 3. The molecule has 0 saturated heterocycles. The maximum Gasteiger partial charge on any atom is 0.253 e. The molecule has 0 aliphatic carbocycles. The number of benzene rings is 2. The zero-order valence-corrected chi connectivity index (χ0v) is 13.2. The second-order valence-electron chi connectivity index (χ2n) is 5.52. The number of carbonyl (C=O) groups excluding carboxylic acids is 1. The van der Waals surface area contributed by atoms with Crippen LogP contribution in [0.4, 0.5) is 5.69 Å². The van der Waals surface area contributed by atoms with Crippen LogP contribution >= 0.6 is 0 Å². The van der Waals surface area contributed by atoms with E-state index in [9.17, 15) is 4.79 Å². The molecule has 1 atom stereocenters. The Hall–Kier alpha value is -2.49. The molecular weight excluding hydrogens is 276 g/mol. The third kappa shape index (κ3) is 4.01. The van der Waals surface area contributed by atoms with E-state index in [0.29, 0.717) is 11.3 Å². The molecule has 4 nitrogen and oxygen atoms in total. The summed E-state index contributed by atoms with van der Waals surface area (Å²) in [5, 5.41) is 2.95. The van der Waals surface area contributed by atoms with Crippen LogP contribution in [0.2, 0.25) is 0 Å². The van der Waals surface area contributed by atoms with Crippen molar-refractivity contribution in [1.29, 1.82) is 0 Å². The van der Waals surface area contributed by atoms with Crippen molar-refractivity contribution in [3.8, 4) is 5.75 Å². The van der Waals surface area contributed by atoms with E-state index in [1.165, 1.54) is 0 Å². The molecule has 4 heteroatoms. The van der Waals surface area contributed by atoms with E-state index in [-0.39, 0.29) is 18.1 Å². The summed E-state index contributed by atoms with van der Waals surface area (Å²) in [5.74, 6) is 0.651. The van der Waals surface area contributed by atoms with E-state index in [2.05, 4.69) is 5.32 Å². The van der Waals surface area contributed by atoms with Crippen molar-refractivity contribution in [3.63, 3.8) is 0 Å². The summed E-state index contributed by atoms with van der Waals surface area (Å²) < 4.78 is 5.61. The van der Waals surface area contributed by atoms with Crippen molar-refractivity contribution in [1.82, 2.24) is 5.32 Å². The van der Waals surface area contributed by atoms with Crippen LogP contribution in [0, 0.1) is 0 Å². The van der Waals surface area contributed by atoms with Gasteiger partial charge >= 0.3 is 0 Å². The Morgan fingerprint density at radius 2 is 1.68 bits per heavy atom. The van der Waals surface area contributed by atoms with E-state index < -0.39 is 0 Å². The second kappa shape index (κ2) is 6.98. The summed E-state index contributed by atoms with van der Waals surface area (Å²) in [5.41, 5.74) is 7.81. The third-order valence-electron chi connectivity index (χ3n) is 3.30. The van der Waals surface area contributed by atoms with Gasteiger partial charge < -0.3 is 15.8 Å². The molecule has 0 heterocycles. The molecule has 0 radical (unpaired) electrons. The standard InChI is InChI=1S/C18H22N2O2/c1-12(2)22-15-10-8-14(9-11-15)13(3)20-18(21)16-6-4-5-7-17(16)19/h4-13H,19H2,1-3H3,(H,20,21). The first-order valence-electron chi connectivity index (χ1n) is 7.39. The maximum atomic E-state index is 12.2. The Labute approximate surface area is 131 Å². The molecule has 22 heavy (non-hydrogen) atoms. The van der Waals surface area contributed by atoms with Crippen LogP contribution in [-0.2, 0) is 0 Å². The normalized spacial score (nSPS) is 12.0. The van der Waals surface area contributed by atoms with Crippen LogP contribution < -0.4 is 15.8 Å². The molecule has 2 aromatic carbocycles. The molecule has 0 saturated carbocycles. The van der Waals surface area contributed by atoms with Crippen LogP contribution in [0.25, 0.3) is 0 Å². The van der Waals surface area contributed by atoms with Gasteiger partial charge in [0.05, 0.1) is 17.7 Å². The predicted molar refractivity (Wildman–Crippen MR) is 88.9 cm³/mol. The molecule has 2 rings (SSSR count). The molecular formula is C18H22N2O2. The molecule has 3 N–H and O–H groups in total. The van der Waals surface area contributed by atoms with Gasteiger partial charge in [0.25, 0.3) is 5.91 Å². The average Bonchev–Trinajstić information content (AvgIpc) is 2.47. The topological polar surface area (TPSA) is 64.3 Å². The Morgan fingerprint density at radius 3 is 2.27 bits per heavy atom. The zero-order chi connectivity index (χ0) is 16.1. The van der Waals surface area contributed by atoms with Gasteiger partial charge in [0, 0.05) is 5.69 Å². The van der Waals surface area contributed by atoms with Crippen LogP contribution in [-0.4, -0.2) is 12.0 Å². The average molecular weight is 298 g/mol. The molecule has 0 aromatic heterocycles.